The lowest BCUT2D eigenvalue weighted by Crippen LogP contribution is -2.55. The molecule has 1 atom stereocenters. The first-order valence-electron chi connectivity index (χ1n) is 11.0. The fraction of sp³-hybridized carbons (Fsp3) is 0.409. The summed E-state index contributed by atoms with van der Waals surface area (Å²) in [5, 5.41) is 12.2. The highest BCUT2D eigenvalue weighted by Crippen LogP contribution is 2.38. The Morgan fingerprint density at radius 3 is 2.61 bits per heavy atom. The predicted molar refractivity (Wildman–Crippen MR) is 118 cm³/mol. The molecule has 170 valence electrons. The summed E-state index contributed by atoms with van der Waals surface area (Å²) < 4.78 is 13.1. The van der Waals surface area contributed by atoms with Crippen LogP contribution < -0.4 is 9.47 Å². The fourth-order valence-corrected chi connectivity index (χ4v) is 5.96. The fourth-order valence-electron chi connectivity index (χ4n) is 4.66. The first-order valence-corrected chi connectivity index (χ1v) is 11.8. The normalized spacial score (nSPS) is 19.5. The molecule has 0 bridgehead atoms. The average molecular weight is 467 g/mol. The summed E-state index contributed by atoms with van der Waals surface area (Å²) in [6, 6.07) is 7.34. The first-order chi connectivity index (χ1) is 16.2. The molecule has 2 aliphatic heterocycles. The van der Waals surface area contributed by atoms with Crippen molar-refractivity contribution in [3.05, 3.63) is 46.6 Å². The Morgan fingerprint density at radius 2 is 1.82 bits per heavy atom. The summed E-state index contributed by atoms with van der Waals surface area (Å²) >= 11 is 1.60. The standard InChI is InChI=1S/C22H22N6O4S/c29-20(17-12-31-15-5-1-2-6-16(15)32-17)26-8-10-27(11-9-26)21(30)19-14-4-3-7-18(14)33-22(19)28-13-23-24-25-28/h1-2,5-6,13,17H,3-4,7-12H2/t17-/m0/s1. The molecule has 3 aromatic rings. The second-order valence-electron chi connectivity index (χ2n) is 8.27. The predicted octanol–water partition coefficient (Wildman–Crippen LogP) is 1.34. The number of para-hydroxylation sites is 2. The Labute approximate surface area is 193 Å². The SMILES string of the molecule is O=C(c1c(-n2cnnn2)sc2c1CCC2)N1CCN(C(=O)[C@@H]2COc3ccccc3O2)CC1. The van der Waals surface area contributed by atoms with Gasteiger partial charge in [0.2, 0.25) is 6.10 Å². The molecule has 1 saturated heterocycles. The zero-order valence-corrected chi connectivity index (χ0v) is 18.7. The van der Waals surface area contributed by atoms with Gasteiger partial charge in [-0.2, -0.15) is 4.68 Å². The van der Waals surface area contributed by atoms with Gasteiger partial charge in [-0.15, -0.1) is 16.4 Å². The zero-order chi connectivity index (χ0) is 22.4. The van der Waals surface area contributed by atoms with Gasteiger partial charge in [0, 0.05) is 31.1 Å². The van der Waals surface area contributed by atoms with Crippen molar-refractivity contribution >= 4 is 23.2 Å². The Morgan fingerprint density at radius 1 is 1.03 bits per heavy atom. The van der Waals surface area contributed by atoms with Crippen LogP contribution in [-0.2, 0) is 17.6 Å². The number of rotatable bonds is 3. The van der Waals surface area contributed by atoms with Gasteiger partial charge in [0.25, 0.3) is 11.8 Å². The van der Waals surface area contributed by atoms with E-state index in [0.29, 0.717) is 43.2 Å². The molecule has 0 radical (unpaired) electrons. The van der Waals surface area contributed by atoms with Crippen molar-refractivity contribution < 1.29 is 19.1 Å². The number of amides is 2. The summed E-state index contributed by atoms with van der Waals surface area (Å²) in [6.45, 7) is 2.03. The van der Waals surface area contributed by atoms with Gasteiger partial charge < -0.3 is 19.3 Å². The van der Waals surface area contributed by atoms with Crippen molar-refractivity contribution in [2.24, 2.45) is 0 Å². The third kappa shape index (κ3) is 3.52. The van der Waals surface area contributed by atoms with Crippen molar-refractivity contribution in [3.63, 3.8) is 0 Å². The van der Waals surface area contributed by atoms with E-state index in [4.69, 9.17) is 9.47 Å². The summed E-state index contributed by atoms with van der Waals surface area (Å²) in [5.74, 6) is 1.11. The maximum absolute atomic E-state index is 13.6. The molecule has 6 rings (SSSR count). The molecule has 4 heterocycles. The maximum atomic E-state index is 13.6. The van der Waals surface area contributed by atoms with E-state index < -0.39 is 6.10 Å². The van der Waals surface area contributed by atoms with E-state index in [1.54, 1.807) is 27.0 Å². The van der Waals surface area contributed by atoms with Crippen LogP contribution in [0.15, 0.2) is 30.6 Å². The van der Waals surface area contributed by atoms with Crippen molar-refractivity contribution in [2.45, 2.75) is 25.4 Å². The third-order valence-electron chi connectivity index (χ3n) is 6.34. The largest absolute Gasteiger partial charge is 0.485 e. The van der Waals surface area contributed by atoms with Crippen LogP contribution in [0, 0.1) is 0 Å². The highest BCUT2D eigenvalue weighted by atomic mass is 32.1. The molecule has 3 aliphatic rings. The molecule has 2 amide bonds. The van der Waals surface area contributed by atoms with Crippen LogP contribution in [0.25, 0.3) is 5.00 Å². The van der Waals surface area contributed by atoms with Crippen LogP contribution in [0.5, 0.6) is 11.5 Å². The summed E-state index contributed by atoms with van der Waals surface area (Å²) in [7, 11) is 0. The lowest BCUT2D eigenvalue weighted by molar-refractivity contribution is -0.142. The number of ether oxygens (including phenoxy) is 2. The van der Waals surface area contributed by atoms with Crippen molar-refractivity contribution in [1.29, 1.82) is 0 Å². The topological polar surface area (TPSA) is 103 Å². The van der Waals surface area contributed by atoms with E-state index in [1.165, 1.54) is 11.2 Å². The maximum Gasteiger partial charge on any atom is 0.267 e. The average Bonchev–Trinajstić information content (AvgIpc) is 3.60. The second-order valence-corrected chi connectivity index (χ2v) is 9.36. The smallest absolute Gasteiger partial charge is 0.267 e. The van der Waals surface area contributed by atoms with Crippen LogP contribution in [0.1, 0.15) is 27.2 Å². The number of aryl methyl sites for hydroxylation is 1. The monoisotopic (exact) mass is 466 g/mol. The Kier molecular flexibility index (Phi) is 4.97. The van der Waals surface area contributed by atoms with Gasteiger partial charge in [-0.1, -0.05) is 12.1 Å². The highest BCUT2D eigenvalue weighted by molar-refractivity contribution is 7.15. The molecule has 0 saturated carbocycles. The third-order valence-corrected chi connectivity index (χ3v) is 7.62. The zero-order valence-electron chi connectivity index (χ0n) is 17.8. The van der Waals surface area contributed by atoms with Crippen LogP contribution >= 0.6 is 11.3 Å². The summed E-state index contributed by atoms with van der Waals surface area (Å²) in [5.41, 5.74) is 1.83. The van der Waals surface area contributed by atoms with Crippen LogP contribution in [0.2, 0.25) is 0 Å². The Bertz CT molecular complexity index is 1200. The van der Waals surface area contributed by atoms with Crippen LogP contribution in [0.3, 0.4) is 0 Å². The minimum absolute atomic E-state index is 0.0156. The van der Waals surface area contributed by atoms with E-state index in [9.17, 15) is 9.59 Å². The molecule has 0 N–H and O–H groups in total. The number of hydrogen-bond donors (Lipinski definition) is 0. The molecule has 0 spiro atoms. The number of tetrazole rings is 1. The van der Waals surface area contributed by atoms with Gasteiger partial charge in [-0.25, -0.2) is 0 Å². The first kappa shape index (κ1) is 20.2. The number of aromatic nitrogens is 4. The van der Waals surface area contributed by atoms with Gasteiger partial charge in [-0.05, 0) is 47.4 Å². The van der Waals surface area contributed by atoms with E-state index in [-0.39, 0.29) is 18.4 Å². The van der Waals surface area contributed by atoms with E-state index in [1.807, 2.05) is 23.1 Å². The number of fused-ring (bicyclic) bond motifs is 2. The number of hydrogen-bond acceptors (Lipinski definition) is 8. The lowest BCUT2D eigenvalue weighted by atomic mass is 10.1. The number of carbonyl (C=O) groups is 2. The van der Waals surface area contributed by atoms with Gasteiger partial charge in [0.05, 0.1) is 5.56 Å². The Balaban J connectivity index is 1.15. The molecule has 1 aliphatic carbocycles. The quantitative estimate of drug-likeness (QED) is 0.574. The van der Waals surface area contributed by atoms with Gasteiger partial charge >= 0.3 is 0 Å². The van der Waals surface area contributed by atoms with Crippen molar-refractivity contribution in [3.8, 4) is 16.5 Å². The van der Waals surface area contributed by atoms with E-state index in [0.717, 1.165) is 29.8 Å². The molecule has 10 nitrogen and oxygen atoms in total. The highest BCUT2D eigenvalue weighted by Gasteiger charge is 2.36. The number of piperazine rings is 1. The number of nitrogens with zero attached hydrogens (tertiary/aromatic N) is 6. The van der Waals surface area contributed by atoms with Gasteiger partial charge in [-0.3, -0.25) is 9.59 Å². The van der Waals surface area contributed by atoms with Crippen molar-refractivity contribution in [1.82, 2.24) is 30.0 Å². The number of benzene rings is 1. The lowest BCUT2D eigenvalue weighted by Gasteiger charge is -2.37. The molecule has 11 heteroatoms. The van der Waals surface area contributed by atoms with Crippen molar-refractivity contribution in [2.75, 3.05) is 32.8 Å². The molecule has 0 unspecified atom stereocenters. The second kappa shape index (κ2) is 8.14. The summed E-state index contributed by atoms with van der Waals surface area (Å²) in [4.78, 5) is 31.4. The molecular formula is C22H22N6O4S. The summed E-state index contributed by atoms with van der Waals surface area (Å²) in [6.07, 6.45) is 3.80. The minimum Gasteiger partial charge on any atom is -0.485 e. The number of thiophene rings is 1. The van der Waals surface area contributed by atoms with Gasteiger partial charge in [0.1, 0.15) is 17.9 Å². The van der Waals surface area contributed by atoms with Crippen LogP contribution in [0.4, 0.5) is 0 Å². The minimum atomic E-state index is -0.672. The number of carbonyl (C=O) groups excluding carboxylic acids is 2. The molecule has 1 fully saturated rings. The van der Waals surface area contributed by atoms with E-state index in [2.05, 4.69) is 15.5 Å². The molecule has 33 heavy (non-hydrogen) atoms. The molecule has 1 aromatic carbocycles. The molecule has 2 aromatic heterocycles. The van der Waals surface area contributed by atoms with Crippen LogP contribution in [-0.4, -0.2) is 80.7 Å². The molecular weight excluding hydrogens is 444 g/mol. The van der Waals surface area contributed by atoms with Gasteiger partial charge in [0.15, 0.2) is 11.5 Å². The Hall–Kier alpha value is -3.47. The van der Waals surface area contributed by atoms with E-state index >= 15 is 0 Å².